The Morgan fingerprint density at radius 1 is 0.850 bits per heavy atom. The molecule has 0 fully saturated rings. The van der Waals surface area contributed by atoms with Gasteiger partial charge in [0.2, 0.25) is 0 Å². The molecular weight excluding hydrogens is 248 g/mol. The monoisotopic (exact) mass is 278 g/mol. The van der Waals surface area contributed by atoms with Gasteiger partial charge < -0.3 is 5.11 Å². The van der Waals surface area contributed by atoms with E-state index in [-0.39, 0.29) is 0 Å². The number of rotatable bonds is 13. The highest BCUT2D eigenvalue weighted by Crippen LogP contribution is 2.04. The first-order valence-corrected chi connectivity index (χ1v) is 7.95. The standard InChI is InChI=1S/C18H30O2/c1-2-3-4-5-6-7-8-9-10-11-12-13-14-15-16-17-18(19)20/h6-7,9-12H,2-5,8,13-17H2,1H3,(H,19,20). The summed E-state index contributed by atoms with van der Waals surface area (Å²) in [5.41, 5.74) is 0. The molecule has 0 aliphatic rings. The van der Waals surface area contributed by atoms with Gasteiger partial charge in [0.25, 0.3) is 0 Å². The molecule has 0 amide bonds. The van der Waals surface area contributed by atoms with Crippen LogP contribution in [0.25, 0.3) is 0 Å². The summed E-state index contributed by atoms with van der Waals surface area (Å²) < 4.78 is 0. The van der Waals surface area contributed by atoms with Gasteiger partial charge in [-0.15, -0.1) is 0 Å². The maximum absolute atomic E-state index is 10.3. The van der Waals surface area contributed by atoms with E-state index in [0.717, 1.165) is 32.1 Å². The molecule has 0 rings (SSSR count). The van der Waals surface area contributed by atoms with Crippen LogP contribution >= 0.6 is 0 Å². The lowest BCUT2D eigenvalue weighted by Crippen LogP contribution is -1.93. The lowest BCUT2D eigenvalue weighted by atomic mass is 10.1. The van der Waals surface area contributed by atoms with Gasteiger partial charge in [-0.2, -0.15) is 0 Å². The fraction of sp³-hybridized carbons (Fsp3) is 0.611. The van der Waals surface area contributed by atoms with Crippen molar-refractivity contribution >= 4 is 5.97 Å². The van der Waals surface area contributed by atoms with Crippen molar-refractivity contribution in [1.82, 2.24) is 0 Å². The average Bonchev–Trinajstić information content (AvgIpc) is 2.43. The van der Waals surface area contributed by atoms with Gasteiger partial charge in [0, 0.05) is 6.42 Å². The number of carboxylic acid groups (broad SMARTS) is 1. The molecule has 0 aromatic heterocycles. The van der Waals surface area contributed by atoms with Crippen molar-refractivity contribution in [2.75, 3.05) is 0 Å². The molecule has 0 bridgehead atoms. The van der Waals surface area contributed by atoms with Crippen LogP contribution in [0.4, 0.5) is 0 Å². The summed E-state index contributed by atoms with van der Waals surface area (Å²) in [6, 6.07) is 0. The number of carboxylic acids is 1. The average molecular weight is 278 g/mol. The lowest BCUT2D eigenvalue weighted by molar-refractivity contribution is -0.137. The first-order chi connectivity index (χ1) is 9.77. The van der Waals surface area contributed by atoms with Crippen LogP contribution in [-0.4, -0.2) is 11.1 Å². The summed E-state index contributed by atoms with van der Waals surface area (Å²) in [4.78, 5) is 10.3. The zero-order valence-corrected chi connectivity index (χ0v) is 12.9. The van der Waals surface area contributed by atoms with Gasteiger partial charge in [-0.25, -0.2) is 0 Å². The number of hydrogen-bond donors (Lipinski definition) is 1. The molecule has 2 heteroatoms. The van der Waals surface area contributed by atoms with Crippen molar-refractivity contribution in [3.8, 4) is 0 Å². The minimum Gasteiger partial charge on any atom is -0.481 e. The normalized spacial score (nSPS) is 12.1. The third-order valence-electron chi connectivity index (χ3n) is 3.06. The smallest absolute Gasteiger partial charge is 0.303 e. The largest absolute Gasteiger partial charge is 0.481 e. The van der Waals surface area contributed by atoms with Gasteiger partial charge >= 0.3 is 5.97 Å². The van der Waals surface area contributed by atoms with Crippen LogP contribution in [0.1, 0.15) is 71.1 Å². The van der Waals surface area contributed by atoms with E-state index in [0.29, 0.717) is 6.42 Å². The van der Waals surface area contributed by atoms with Gasteiger partial charge in [-0.05, 0) is 38.5 Å². The fourth-order valence-electron chi connectivity index (χ4n) is 1.85. The van der Waals surface area contributed by atoms with Crippen LogP contribution in [0.15, 0.2) is 36.5 Å². The lowest BCUT2D eigenvalue weighted by Gasteiger charge is -1.94. The molecule has 0 unspecified atom stereocenters. The predicted octanol–water partition coefficient (Wildman–Crippen LogP) is 5.66. The van der Waals surface area contributed by atoms with E-state index >= 15 is 0 Å². The van der Waals surface area contributed by atoms with E-state index < -0.39 is 5.97 Å². The molecule has 0 radical (unpaired) electrons. The Labute approximate surface area is 124 Å². The number of aliphatic carboxylic acids is 1. The molecule has 0 saturated heterocycles. The second-order valence-electron chi connectivity index (χ2n) is 5.05. The zero-order chi connectivity index (χ0) is 14.9. The molecule has 0 heterocycles. The van der Waals surface area contributed by atoms with Gasteiger partial charge in [0.15, 0.2) is 0 Å². The quantitative estimate of drug-likeness (QED) is 0.268. The summed E-state index contributed by atoms with van der Waals surface area (Å²) in [6.45, 7) is 2.23. The minimum absolute atomic E-state index is 0.300. The molecule has 0 aliphatic heterocycles. The molecule has 0 aromatic carbocycles. The van der Waals surface area contributed by atoms with Crippen molar-refractivity contribution in [3.63, 3.8) is 0 Å². The van der Waals surface area contributed by atoms with Gasteiger partial charge in [-0.1, -0.05) is 62.6 Å². The third-order valence-corrected chi connectivity index (χ3v) is 3.06. The summed E-state index contributed by atoms with van der Waals surface area (Å²) >= 11 is 0. The second-order valence-corrected chi connectivity index (χ2v) is 5.05. The highest BCUT2D eigenvalue weighted by molar-refractivity contribution is 5.66. The number of unbranched alkanes of at least 4 members (excludes halogenated alkanes) is 6. The van der Waals surface area contributed by atoms with Gasteiger partial charge in [-0.3, -0.25) is 4.79 Å². The molecule has 0 saturated carbocycles. The molecule has 114 valence electrons. The molecule has 20 heavy (non-hydrogen) atoms. The highest BCUT2D eigenvalue weighted by Gasteiger charge is 1.94. The highest BCUT2D eigenvalue weighted by atomic mass is 16.4. The summed E-state index contributed by atoms with van der Waals surface area (Å²) in [7, 11) is 0. The van der Waals surface area contributed by atoms with Crippen LogP contribution in [-0.2, 0) is 4.79 Å². The molecule has 0 spiro atoms. The van der Waals surface area contributed by atoms with Crippen molar-refractivity contribution < 1.29 is 9.90 Å². The summed E-state index contributed by atoms with van der Waals surface area (Å²) in [6.07, 6.45) is 23.3. The Morgan fingerprint density at radius 2 is 1.55 bits per heavy atom. The van der Waals surface area contributed by atoms with Crippen LogP contribution in [0.5, 0.6) is 0 Å². The first kappa shape index (κ1) is 18.7. The van der Waals surface area contributed by atoms with Gasteiger partial charge in [0.05, 0.1) is 0 Å². The minimum atomic E-state index is -0.689. The SMILES string of the molecule is CCCCCC=CCC=CC=CCCCCCC(=O)O. The topological polar surface area (TPSA) is 37.3 Å². The van der Waals surface area contributed by atoms with Crippen molar-refractivity contribution in [2.45, 2.75) is 71.1 Å². The Bertz CT molecular complexity index is 301. The van der Waals surface area contributed by atoms with Crippen LogP contribution in [0, 0.1) is 0 Å². The second kappa shape index (κ2) is 15.7. The Hall–Kier alpha value is -1.31. The molecule has 0 atom stereocenters. The summed E-state index contributed by atoms with van der Waals surface area (Å²) in [5, 5.41) is 8.49. The molecular formula is C18H30O2. The first-order valence-electron chi connectivity index (χ1n) is 7.95. The number of carbonyl (C=O) groups is 1. The van der Waals surface area contributed by atoms with E-state index in [4.69, 9.17) is 5.11 Å². The maximum Gasteiger partial charge on any atom is 0.303 e. The van der Waals surface area contributed by atoms with E-state index in [1.165, 1.54) is 25.7 Å². The van der Waals surface area contributed by atoms with Crippen LogP contribution < -0.4 is 0 Å². The Morgan fingerprint density at radius 3 is 2.30 bits per heavy atom. The zero-order valence-electron chi connectivity index (χ0n) is 12.9. The van der Waals surface area contributed by atoms with Crippen LogP contribution in [0.2, 0.25) is 0 Å². The van der Waals surface area contributed by atoms with Crippen LogP contribution in [0.3, 0.4) is 0 Å². The third kappa shape index (κ3) is 16.7. The van der Waals surface area contributed by atoms with E-state index in [1.54, 1.807) is 0 Å². The number of hydrogen-bond acceptors (Lipinski definition) is 1. The molecule has 0 aromatic rings. The Kier molecular flexibility index (Phi) is 14.7. The summed E-state index contributed by atoms with van der Waals surface area (Å²) in [5.74, 6) is -0.689. The predicted molar refractivity (Wildman–Crippen MR) is 86.9 cm³/mol. The van der Waals surface area contributed by atoms with Crippen molar-refractivity contribution in [1.29, 1.82) is 0 Å². The molecule has 0 aliphatic carbocycles. The van der Waals surface area contributed by atoms with E-state index in [1.807, 2.05) is 0 Å². The molecule has 1 N–H and O–H groups in total. The Balaban J connectivity index is 3.32. The van der Waals surface area contributed by atoms with Gasteiger partial charge in [0.1, 0.15) is 0 Å². The number of allylic oxidation sites excluding steroid dienone is 6. The molecule has 2 nitrogen and oxygen atoms in total. The van der Waals surface area contributed by atoms with Crippen molar-refractivity contribution in [3.05, 3.63) is 36.5 Å². The fourth-order valence-corrected chi connectivity index (χ4v) is 1.85. The van der Waals surface area contributed by atoms with E-state index in [9.17, 15) is 4.79 Å². The maximum atomic E-state index is 10.3. The van der Waals surface area contributed by atoms with E-state index in [2.05, 4.69) is 43.4 Å². The van der Waals surface area contributed by atoms with Crippen molar-refractivity contribution in [2.24, 2.45) is 0 Å².